The molecule has 92 valence electrons. The largest absolute Gasteiger partial charge is 0.294 e. The minimum absolute atomic E-state index is 0.0105. The van der Waals surface area contributed by atoms with E-state index < -0.39 is 0 Å². The number of carbonyl (C=O) groups excluding carboxylic acids is 1. The number of hydrogen-bond acceptors (Lipinski definition) is 5. The maximum atomic E-state index is 12.0. The molecular weight excluding hydrogens is 246 g/mol. The van der Waals surface area contributed by atoms with Gasteiger partial charge in [0.2, 0.25) is 0 Å². The third-order valence-electron chi connectivity index (χ3n) is 3.11. The fourth-order valence-electron chi connectivity index (χ4n) is 2.28. The second kappa shape index (κ2) is 3.95. The number of hydrogen-bond donors (Lipinski definition) is 0. The van der Waals surface area contributed by atoms with E-state index >= 15 is 0 Å². The molecule has 0 saturated carbocycles. The molecule has 1 aliphatic carbocycles. The van der Waals surface area contributed by atoms with Crippen LogP contribution in [0.3, 0.4) is 0 Å². The quantitative estimate of drug-likeness (QED) is 0.790. The Balaban J connectivity index is 2.08. The third kappa shape index (κ3) is 1.95. The zero-order chi connectivity index (χ0) is 12.8. The molecule has 0 spiro atoms. The molecule has 2 aromatic heterocycles. The van der Waals surface area contributed by atoms with Gasteiger partial charge in [-0.3, -0.25) is 9.78 Å². The SMILES string of the molecule is CC1(C)CC(=O)c2cnc(-c3cncs3)nc2C1. The Morgan fingerprint density at radius 2 is 2.11 bits per heavy atom. The van der Waals surface area contributed by atoms with Crippen LogP contribution in [0.25, 0.3) is 10.7 Å². The van der Waals surface area contributed by atoms with Crippen LogP contribution in [0.1, 0.15) is 36.3 Å². The van der Waals surface area contributed by atoms with Crippen LogP contribution in [0.5, 0.6) is 0 Å². The first kappa shape index (κ1) is 11.5. The molecule has 0 bridgehead atoms. The van der Waals surface area contributed by atoms with Gasteiger partial charge in [0.15, 0.2) is 11.6 Å². The standard InChI is InChI=1S/C13H13N3OS/c1-13(2)3-9-8(10(17)4-13)5-15-12(16-9)11-6-14-7-18-11/h5-7H,3-4H2,1-2H3. The van der Waals surface area contributed by atoms with Crippen LogP contribution in [0.2, 0.25) is 0 Å². The van der Waals surface area contributed by atoms with E-state index in [0.29, 0.717) is 17.8 Å². The lowest BCUT2D eigenvalue weighted by Gasteiger charge is -2.29. The minimum atomic E-state index is -0.0105. The van der Waals surface area contributed by atoms with Crippen molar-refractivity contribution in [3.8, 4) is 10.7 Å². The highest BCUT2D eigenvalue weighted by molar-refractivity contribution is 7.13. The van der Waals surface area contributed by atoms with Gasteiger partial charge in [0.25, 0.3) is 0 Å². The number of rotatable bonds is 1. The molecule has 5 heteroatoms. The maximum absolute atomic E-state index is 12.0. The van der Waals surface area contributed by atoms with Crippen LogP contribution in [0.4, 0.5) is 0 Å². The van der Waals surface area contributed by atoms with Gasteiger partial charge in [0.1, 0.15) is 0 Å². The number of thiazole rings is 1. The minimum Gasteiger partial charge on any atom is -0.294 e. The Hall–Kier alpha value is -1.62. The van der Waals surface area contributed by atoms with Crippen LogP contribution in [-0.4, -0.2) is 20.7 Å². The van der Waals surface area contributed by atoms with E-state index in [1.807, 2.05) is 0 Å². The molecule has 0 fully saturated rings. The van der Waals surface area contributed by atoms with Crippen LogP contribution in [0.15, 0.2) is 17.9 Å². The summed E-state index contributed by atoms with van der Waals surface area (Å²) in [6.07, 6.45) is 4.81. The van der Waals surface area contributed by atoms with Crippen LogP contribution < -0.4 is 0 Å². The fraction of sp³-hybridized carbons (Fsp3) is 0.385. The average molecular weight is 259 g/mol. The summed E-state index contributed by atoms with van der Waals surface area (Å²) < 4.78 is 0. The smallest absolute Gasteiger partial charge is 0.171 e. The average Bonchev–Trinajstić information content (AvgIpc) is 2.79. The fourth-order valence-corrected chi connectivity index (χ4v) is 2.84. The summed E-state index contributed by atoms with van der Waals surface area (Å²) in [6, 6.07) is 0. The van der Waals surface area contributed by atoms with Crippen LogP contribution in [-0.2, 0) is 6.42 Å². The van der Waals surface area contributed by atoms with E-state index in [2.05, 4.69) is 28.8 Å². The van der Waals surface area contributed by atoms with E-state index in [9.17, 15) is 4.79 Å². The normalized spacial score (nSPS) is 17.6. The van der Waals surface area contributed by atoms with Crippen molar-refractivity contribution in [3.05, 3.63) is 29.2 Å². The number of carbonyl (C=O) groups is 1. The number of aromatic nitrogens is 3. The summed E-state index contributed by atoms with van der Waals surface area (Å²) in [4.78, 5) is 25.8. The Morgan fingerprint density at radius 1 is 1.28 bits per heavy atom. The first-order chi connectivity index (χ1) is 8.55. The number of ketones is 1. The lowest BCUT2D eigenvalue weighted by atomic mass is 9.76. The summed E-state index contributed by atoms with van der Waals surface area (Å²) in [7, 11) is 0. The van der Waals surface area contributed by atoms with Gasteiger partial charge in [-0.1, -0.05) is 13.8 Å². The van der Waals surface area contributed by atoms with Crippen molar-refractivity contribution in [2.45, 2.75) is 26.7 Å². The first-order valence-corrected chi connectivity index (χ1v) is 6.71. The zero-order valence-electron chi connectivity index (χ0n) is 10.3. The summed E-state index contributed by atoms with van der Waals surface area (Å²) in [5.74, 6) is 0.818. The summed E-state index contributed by atoms with van der Waals surface area (Å²) >= 11 is 1.51. The maximum Gasteiger partial charge on any atom is 0.171 e. The van der Waals surface area contributed by atoms with Crippen molar-refractivity contribution < 1.29 is 4.79 Å². The molecule has 0 saturated heterocycles. The zero-order valence-corrected chi connectivity index (χ0v) is 11.1. The highest BCUT2D eigenvalue weighted by Gasteiger charge is 2.32. The highest BCUT2D eigenvalue weighted by Crippen LogP contribution is 2.34. The molecule has 0 amide bonds. The number of Topliss-reactive ketones (excluding diaryl/α,β-unsaturated/α-hetero) is 1. The van der Waals surface area contributed by atoms with Crippen molar-refractivity contribution in [2.75, 3.05) is 0 Å². The third-order valence-corrected chi connectivity index (χ3v) is 3.87. The molecule has 2 heterocycles. The molecule has 0 atom stereocenters. The second-order valence-electron chi connectivity index (χ2n) is 5.36. The molecule has 0 unspecified atom stereocenters. The van der Waals surface area contributed by atoms with E-state index in [1.54, 1.807) is 17.9 Å². The van der Waals surface area contributed by atoms with Crippen molar-refractivity contribution >= 4 is 17.1 Å². The predicted octanol–water partition coefficient (Wildman–Crippen LogP) is 2.76. The van der Waals surface area contributed by atoms with Gasteiger partial charge in [-0.15, -0.1) is 11.3 Å². The van der Waals surface area contributed by atoms with E-state index in [4.69, 9.17) is 0 Å². The lowest BCUT2D eigenvalue weighted by molar-refractivity contribution is 0.0910. The molecule has 0 N–H and O–H groups in total. The van der Waals surface area contributed by atoms with Crippen molar-refractivity contribution in [1.29, 1.82) is 0 Å². The summed E-state index contributed by atoms with van der Waals surface area (Å²) in [5.41, 5.74) is 3.30. The number of fused-ring (bicyclic) bond motifs is 1. The Bertz CT molecular complexity index is 605. The summed E-state index contributed by atoms with van der Waals surface area (Å²) in [6.45, 7) is 4.20. The molecular formula is C13H13N3OS. The number of nitrogens with zero attached hydrogens (tertiary/aromatic N) is 3. The van der Waals surface area contributed by atoms with Crippen molar-refractivity contribution in [3.63, 3.8) is 0 Å². The topological polar surface area (TPSA) is 55.7 Å². The van der Waals surface area contributed by atoms with Gasteiger partial charge in [-0.2, -0.15) is 0 Å². The van der Waals surface area contributed by atoms with Gasteiger partial charge in [-0.05, 0) is 11.8 Å². The van der Waals surface area contributed by atoms with Crippen LogP contribution >= 0.6 is 11.3 Å². The molecule has 0 radical (unpaired) electrons. The first-order valence-electron chi connectivity index (χ1n) is 5.83. The molecule has 1 aliphatic rings. The Labute approximate surface area is 109 Å². The van der Waals surface area contributed by atoms with Gasteiger partial charge < -0.3 is 0 Å². The summed E-state index contributed by atoms with van der Waals surface area (Å²) in [5, 5.41) is 0. The van der Waals surface area contributed by atoms with E-state index in [-0.39, 0.29) is 11.2 Å². The van der Waals surface area contributed by atoms with Gasteiger partial charge in [0, 0.05) is 18.8 Å². The van der Waals surface area contributed by atoms with Crippen molar-refractivity contribution in [2.24, 2.45) is 5.41 Å². The molecule has 4 nitrogen and oxygen atoms in total. The van der Waals surface area contributed by atoms with Gasteiger partial charge in [0.05, 0.1) is 21.6 Å². The van der Waals surface area contributed by atoms with Gasteiger partial charge >= 0.3 is 0 Å². The monoisotopic (exact) mass is 259 g/mol. The Kier molecular flexibility index (Phi) is 2.52. The lowest BCUT2D eigenvalue weighted by Crippen LogP contribution is -2.28. The molecule has 3 rings (SSSR count). The predicted molar refractivity (Wildman–Crippen MR) is 69.6 cm³/mol. The Morgan fingerprint density at radius 3 is 2.83 bits per heavy atom. The van der Waals surface area contributed by atoms with Crippen molar-refractivity contribution in [1.82, 2.24) is 15.0 Å². The second-order valence-corrected chi connectivity index (χ2v) is 6.25. The molecule has 0 aromatic carbocycles. The van der Waals surface area contributed by atoms with Crippen LogP contribution in [0, 0.1) is 5.41 Å². The van der Waals surface area contributed by atoms with E-state index in [0.717, 1.165) is 17.0 Å². The molecule has 0 aliphatic heterocycles. The molecule has 18 heavy (non-hydrogen) atoms. The van der Waals surface area contributed by atoms with Gasteiger partial charge in [-0.25, -0.2) is 9.97 Å². The highest BCUT2D eigenvalue weighted by atomic mass is 32.1. The molecule has 2 aromatic rings. The van der Waals surface area contributed by atoms with E-state index in [1.165, 1.54) is 11.3 Å².